The number of carbonyl (C=O) groups is 2. The van der Waals surface area contributed by atoms with Crippen LogP contribution in [0.25, 0.3) is 0 Å². The van der Waals surface area contributed by atoms with Gasteiger partial charge in [0.15, 0.2) is 0 Å². The van der Waals surface area contributed by atoms with Gasteiger partial charge in [0, 0.05) is 19.6 Å². The molecule has 0 aromatic heterocycles. The van der Waals surface area contributed by atoms with Gasteiger partial charge in [0.25, 0.3) is 0 Å². The molecule has 6 heteroatoms. The first kappa shape index (κ1) is 14.5. The van der Waals surface area contributed by atoms with Crippen LogP contribution in [0.1, 0.15) is 24.4 Å². The number of carbonyl (C=O) groups excluding carboxylic acids is 2. The predicted molar refractivity (Wildman–Crippen MR) is 69.9 cm³/mol. The molecule has 5 nitrogen and oxygen atoms in total. The highest BCUT2D eigenvalue weighted by Crippen LogP contribution is 2.31. The second-order valence-corrected chi connectivity index (χ2v) is 4.93. The molecule has 20 heavy (non-hydrogen) atoms. The topological polar surface area (TPSA) is 83.6 Å². The summed E-state index contributed by atoms with van der Waals surface area (Å²) >= 11 is 0. The molecule has 1 aromatic carbocycles. The summed E-state index contributed by atoms with van der Waals surface area (Å²) in [5.41, 5.74) is 5.97. The summed E-state index contributed by atoms with van der Waals surface area (Å²) in [4.78, 5) is 24.7. The van der Waals surface area contributed by atoms with E-state index in [1.165, 1.54) is 12.1 Å². The second-order valence-electron chi connectivity index (χ2n) is 4.93. The van der Waals surface area contributed by atoms with Gasteiger partial charge in [-0.1, -0.05) is 12.1 Å². The summed E-state index contributed by atoms with van der Waals surface area (Å²) in [7, 11) is 0. The first-order valence-electron chi connectivity index (χ1n) is 6.48. The Morgan fingerprint density at radius 2 is 2.10 bits per heavy atom. The van der Waals surface area contributed by atoms with Gasteiger partial charge in [0.05, 0.1) is 12.0 Å². The van der Waals surface area contributed by atoms with Gasteiger partial charge in [-0.05, 0) is 24.1 Å². The minimum atomic E-state index is -0.497. The van der Waals surface area contributed by atoms with E-state index in [0.717, 1.165) is 5.56 Å². The average Bonchev–Trinajstić information content (AvgIpc) is 2.79. The number of rotatable bonds is 5. The molecular formula is C14H17FN2O3. The van der Waals surface area contributed by atoms with Crippen molar-refractivity contribution in [2.24, 2.45) is 11.7 Å². The fraction of sp³-hybridized carbons (Fsp3) is 0.429. The quantitative estimate of drug-likeness (QED) is 0.827. The molecule has 0 aliphatic carbocycles. The number of hydrogen-bond acceptors (Lipinski definition) is 3. The smallest absolute Gasteiger partial charge is 0.223 e. The van der Waals surface area contributed by atoms with Crippen LogP contribution in [0.15, 0.2) is 24.3 Å². The number of amides is 2. The number of nitrogens with zero attached hydrogens (tertiary/aromatic N) is 1. The lowest BCUT2D eigenvalue weighted by Crippen LogP contribution is -2.32. The van der Waals surface area contributed by atoms with Crippen molar-refractivity contribution >= 4 is 11.8 Å². The van der Waals surface area contributed by atoms with Crippen LogP contribution in [0.2, 0.25) is 0 Å². The van der Waals surface area contributed by atoms with Crippen LogP contribution >= 0.6 is 0 Å². The molecule has 1 saturated heterocycles. The van der Waals surface area contributed by atoms with Gasteiger partial charge >= 0.3 is 0 Å². The van der Waals surface area contributed by atoms with E-state index in [9.17, 15) is 19.1 Å². The van der Waals surface area contributed by atoms with Crippen molar-refractivity contribution in [3.05, 3.63) is 35.6 Å². The van der Waals surface area contributed by atoms with Gasteiger partial charge in [-0.3, -0.25) is 9.59 Å². The van der Waals surface area contributed by atoms with E-state index < -0.39 is 11.8 Å². The molecule has 0 spiro atoms. The molecule has 3 N–H and O–H groups in total. The monoisotopic (exact) mass is 280 g/mol. The van der Waals surface area contributed by atoms with Crippen LogP contribution in [0.5, 0.6) is 0 Å². The molecule has 2 unspecified atom stereocenters. The zero-order chi connectivity index (χ0) is 14.7. The Labute approximate surface area is 116 Å². The number of nitrogens with two attached hydrogens (primary N) is 1. The number of likely N-dealkylation sites (tertiary alicyclic amines) is 1. The average molecular weight is 280 g/mol. The lowest BCUT2D eigenvalue weighted by atomic mass is 10.0. The molecule has 2 rings (SSSR count). The first-order valence-corrected chi connectivity index (χ1v) is 6.48. The van der Waals surface area contributed by atoms with E-state index in [-0.39, 0.29) is 37.3 Å². The summed E-state index contributed by atoms with van der Waals surface area (Å²) in [5.74, 6) is -1.53. The Bertz CT molecular complexity index is 504. The van der Waals surface area contributed by atoms with Crippen molar-refractivity contribution in [3.63, 3.8) is 0 Å². The zero-order valence-electron chi connectivity index (χ0n) is 11.0. The van der Waals surface area contributed by atoms with Crippen LogP contribution < -0.4 is 5.73 Å². The van der Waals surface area contributed by atoms with Crippen LogP contribution in [0.3, 0.4) is 0 Å². The molecule has 1 aliphatic rings. The Kier molecular flexibility index (Phi) is 4.34. The number of benzene rings is 1. The third-order valence-electron chi connectivity index (χ3n) is 3.59. The summed E-state index contributed by atoms with van der Waals surface area (Å²) in [6, 6.07) is 5.43. The maximum atomic E-state index is 13.0. The van der Waals surface area contributed by atoms with Crippen molar-refractivity contribution < 1.29 is 19.1 Å². The van der Waals surface area contributed by atoms with Gasteiger partial charge < -0.3 is 15.7 Å². The largest absolute Gasteiger partial charge is 0.396 e. The zero-order valence-corrected chi connectivity index (χ0v) is 11.0. The van der Waals surface area contributed by atoms with E-state index in [4.69, 9.17) is 5.73 Å². The summed E-state index contributed by atoms with van der Waals surface area (Å²) in [5, 5.41) is 9.17. The fourth-order valence-electron chi connectivity index (χ4n) is 2.53. The standard InChI is InChI=1S/C14H17FN2O3/c15-11-3-1-9(2-4-11)12(5-6-18)17-8-10(14(16)20)7-13(17)19/h1-4,10,12,18H,5-8H2,(H2,16,20). The highest BCUT2D eigenvalue weighted by molar-refractivity contribution is 5.88. The van der Waals surface area contributed by atoms with E-state index in [1.807, 2.05) is 0 Å². The van der Waals surface area contributed by atoms with Crippen molar-refractivity contribution in [2.45, 2.75) is 18.9 Å². The number of aliphatic hydroxyl groups excluding tert-OH is 1. The Hall–Kier alpha value is -1.95. The summed E-state index contributed by atoms with van der Waals surface area (Å²) < 4.78 is 13.0. The Balaban J connectivity index is 2.22. The molecule has 0 bridgehead atoms. The van der Waals surface area contributed by atoms with E-state index in [2.05, 4.69) is 0 Å². The summed E-state index contributed by atoms with van der Waals surface area (Å²) in [6.07, 6.45) is 0.432. The lowest BCUT2D eigenvalue weighted by molar-refractivity contribution is -0.130. The highest BCUT2D eigenvalue weighted by Gasteiger charge is 2.37. The molecule has 108 valence electrons. The third kappa shape index (κ3) is 2.96. The predicted octanol–water partition coefficient (Wildman–Crippen LogP) is 0.583. The maximum absolute atomic E-state index is 13.0. The normalized spacial score (nSPS) is 20.2. The van der Waals surface area contributed by atoms with Gasteiger partial charge in [0.2, 0.25) is 11.8 Å². The number of primary amides is 1. The van der Waals surface area contributed by atoms with Crippen molar-refractivity contribution in [1.82, 2.24) is 4.90 Å². The molecule has 1 aliphatic heterocycles. The molecule has 0 radical (unpaired) electrons. The van der Waals surface area contributed by atoms with Gasteiger partial charge in [-0.25, -0.2) is 4.39 Å². The molecule has 1 fully saturated rings. The second kappa shape index (κ2) is 6.00. The highest BCUT2D eigenvalue weighted by atomic mass is 19.1. The van der Waals surface area contributed by atoms with Gasteiger partial charge in [0.1, 0.15) is 5.82 Å². The number of halogens is 1. The number of aliphatic hydroxyl groups is 1. The molecule has 1 heterocycles. The maximum Gasteiger partial charge on any atom is 0.223 e. The SMILES string of the molecule is NC(=O)C1CC(=O)N(C(CCO)c2ccc(F)cc2)C1. The molecular weight excluding hydrogens is 263 g/mol. The Morgan fingerprint density at radius 1 is 1.45 bits per heavy atom. The van der Waals surface area contributed by atoms with Crippen LogP contribution in [-0.2, 0) is 9.59 Å². The minimum Gasteiger partial charge on any atom is -0.396 e. The number of hydrogen-bond donors (Lipinski definition) is 2. The fourth-order valence-corrected chi connectivity index (χ4v) is 2.53. The minimum absolute atomic E-state index is 0.0957. The van der Waals surface area contributed by atoms with Crippen molar-refractivity contribution in [3.8, 4) is 0 Å². The molecule has 0 saturated carbocycles. The van der Waals surface area contributed by atoms with Crippen LogP contribution in [0, 0.1) is 11.7 Å². The van der Waals surface area contributed by atoms with E-state index >= 15 is 0 Å². The van der Waals surface area contributed by atoms with E-state index in [0.29, 0.717) is 6.42 Å². The first-order chi connectivity index (χ1) is 9.52. The van der Waals surface area contributed by atoms with Gasteiger partial charge in [-0.2, -0.15) is 0 Å². The van der Waals surface area contributed by atoms with E-state index in [1.54, 1.807) is 17.0 Å². The van der Waals surface area contributed by atoms with Crippen molar-refractivity contribution in [1.29, 1.82) is 0 Å². The van der Waals surface area contributed by atoms with Crippen LogP contribution in [-0.4, -0.2) is 35.0 Å². The van der Waals surface area contributed by atoms with Crippen LogP contribution in [0.4, 0.5) is 4.39 Å². The van der Waals surface area contributed by atoms with Gasteiger partial charge in [-0.15, -0.1) is 0 Å². The lowest BCUT2D eigenvalue weighted by Gasteiger charge is -2.28. The Morgan fingerprint density at radius 3 is 2.60 bits per heavy atom. The summed E-state index contributed by atoms with van der Waals surface area (Å²) in [6.45, 7) is 0.142. The van der Waals surface area contributed by atoms with Crippen molar-refractivity contribution in [2.75, 3.05) is 13.2 Å². The molecule has 2 amide bonds. The molecule has 2 atom stereocenters. The third-order valence-corrected chi connectivity index (χ3v) is 3.59. The molecule has 1 aromatic rings.